The van der Waals surface area contributed by atoms with Crippen LogP contribution in [0.15, 0.2) is 30.3 Å². The van der Waals surface area contributed by atoms with Crippen LogP contribution in [-0.2, 0) is 22.4 Å². The quantitative estimate of drug-likeness (QED) is 0.632. The molecular formula is C17H16O3. The summed E-state index contributed by atoms with van der Waals surface area (Å²) in [5, 5.41) is 2.25. The Morgan fingerprint density at radius 2 is 1.80 bits per heavy atom. The minimum atomic E-state index is -0.343. The van der Waals surface area contributed by atoms with Crippen LogP contribution in [0.1, 0.15) is 34.3 Å². The van der Waals surface area contributed by atoms with E-state index >= 15 is 0 Å². The molecule has 0 saturated carbocycles. The van der Waals surface area contributed by atoms with E-state index in [0.717, 1.165) is 23.8 Å². The van der Waals surface area contributed by atoms with Gasteiger partial charge in [0.2, 0.25) is 0 Å². The number of Topliss-reactive ketones (excluding diaryl/α,β-unsaturated/α-hetero) is 1. The highest BCUT2D eigenvalue weighted by atomic mass is 16.5. The molecule has 0 aromatic heterocycles. The first-order valence-electron chi connectivity index (χ1n) is 6.84. The molecule has 0 saturated heterocycles. The number of methoxy groups -OCH3 is 1. The van der Waals surface area contributed by atoms with Crippen LogP contribution in [-0.4, -0.2) is 18.9 Å². The molecule has 0 atom stereocenters. The van der Waals surface area contributed by atoms with Crippen LogP contribution < -0.4 is 0 Å². The lowest BCUT2D eigenvalue weighted by atomic mass is 9.96. The third-order valence-electron chi connectivity index (χ3n) is 3.96. The lowest BCUT2D eigenvalue weighted by Crippen LogP contribution is -2.06. The molecule has 0 spiro atoms. The maximum Gasteiger partial charge on any atom is 0.305 e. The van der Waals surface area contributed by atoms with Gasteiger partial charge in [-0.3, -0.25) is 9.59 Å². The molecule has 0 radical (unpaired) electrons. The fraction of sp³-hybridized carbons (Fsp3) is 0.294. The van der Waals surface area contributed by atoms with Gasteiger partial charge < -0.3 is 4.74 Å². The minimum absolute atomic E-state index is 0.00556. The average molecular weight is 268 g/mol. The van der Waals surface area contributed by atoms with E-state index in [-0.39, 0.29) is 24.6 Å². The predicted octanol–water partition coefficient (Wildman–Crippen LogP) is 3.07. The lowest BCUT2D eigenvalue weighted by Gasteiger charge is -2.08. The molecule has 0 heterocycles. The van der Waals surface area contributed by atoms with Gasteiger partial charge >= 0.3 is 5.97 Å². The van der Waals surface area contributed by atoms with Crippen LogP contribution in [0.5, 0.6) is 0 Å². The van der Waals surface area contributed by atoms with E-state index in [0.29, 0.717) is 0 Å². The van der Waals surface area contributed by atoms with Crippen LogP contribution in [0.25, 0.3) is 10.8 Å². The van der Waals surface area contributed by atoms with Gasteiger partial charge in [0.05, 0.1) is 13.5 Å². The fourth-order valence-corrected chi connectivity index (χ4v) is 2.94. The monoisotopic (exact) mass is 268 g/mol. The van der Waals surface area contributed by atoms with E-state index in [9.17, 15) is 9.59 Å². The third-order valence-corrected chi connectivity index (χ3v) is 3.96. The summed E-state index contributed by atoms with van der Waals surface area (Å²) in [7, 11) is 1.34. The van der Waals surface area contributed by atoms with Crippen molar-refractivity contribution in [1.82, 2.24) is 0 Å². The van der Waals surface area contributed by atoms with Crippen molar-refractivity contribution in [2.45, 2.75) is 25.7 Å². The second kappa shape index (κ2) is 5.08. The summed E-state index contributed by atoms with van der Waals surface area (Å²) < 4.78 is 4.58. The van der Waals surface area contributed by atoms with Gasteiger partial charge in [-0.15, -0.1) is 0 Å². The Bertz CT molecular complexity index is 690. The number of ketones is 1. The van der Waals surface area contributed by atoms with Crippen LogP contribution in [0.3, 0.4) is 0 Å². The van der Waals surface area contributed by atoms with Gasteiger partial charge in [0.15, 0.2) is 5.78 Å². The highest BCUT2D eigenvalue weighted by molar-refractivity contribution is 6.10. The Labute approximate surface area is 117 Å². The van der Waals surface area contributed by atoms with Gasteiger partial charge in [-0.2, -0.15) is 0 Å². The third kappa shape index (κ3) is 2.09. The highest BCUT2D eigenvalue weighted by Gasteiger charge is 2.19. The number of aryl methyl sites for hydroxylation is 2. The van der Waals surface area contributed by atoms with E-state index in [2.05, 4.69) is 10.8 Å². The van der Waals surface area contributed by atoms with Gasteiger partial charge in [0, 0.05) is 12.0 Å². The Balaban J connectivity index is 1.97. The molecule has 20 heavy (non-hydrogen) atoms. The van der Waals surface area contributed by atoms with Crippen LogP contribution >= 0.6 is 0 Å². The van der Waals surface area contributed by atoms with Crippen molar-refractivity contribution >= 4 is 22.5 Å². The average Bonchev–Trinajstić information content (AvgIpc) is 2.90. The van der Waals surface area contributed by atoms with Gasteiger partial charge in [-0.25, -0.2) is 0 Å². The van der Waals surface area contributed by atoms with E-state index in [1.807, 2.05) is 24.3 Å². The van der Waals surface area contributed by atoms with Crippen LogP contribution in [0.4, 0.5) is 0 Å². The number of rotatable bonds is 4. The molecule has 0 unspecified atom stereocenters. The van der Waals surface area contributed by atoms with Gasteiger partial charge in [0.25, 0.3) is 0 Å². The molecule has 3 rings (SSSR count). The van der Waals surface area contributed by atoms with Gasteiger partial charge in [-0.1, -0.05) is 30.3 Å². The van der Waals surface area contributed by atoms with E-state index in [4.69, 9.17) is 0 Å². The van der Waals surface area contributed by atoms with E-state index in [1.165, 1.54) is 23.6 Å². The molecule has 1 aliphatic carbocycles. The number of hydrogen-bond donors (Lipinski definition) is 0. The largest absolute Gasteiger partial charge is 0.469 e. The summed E-state index contributed by atoms with van der Waals surface area (Å²) in [6.45, 7) is 0. The zero-order valence-corrected chi connectivity index (χ0v) is 11.4. The predicted molar refractivity (Wildman–Crippen MR) is 76.9 cm³/mol. The number of ether oxygens (including phenoxy) is 1. The molecule has 0 N–H and O–H groups in total. The molecular weight excluding hydrogens is 252 g/mol. The van der Waals surface area contributed by atoms with Crippen LogP contribution in [0.2, 0.25) is 0 Å². The maximum absolute atomic E-state index is 12.3. The summed E-state index contributed by atoms with van der Waals surface area (Å²) in [5.74, 6) is -0.338. The van der Waals surface area contributed by atoms with E-state index in [1.54, 1.807) is 0 Å². The molecule has 2 aromatic rings. The summed E-state index contributed by atoms with van der Waals surface area (Å²) in [6, 6.07) is 10.1. The van der Waals surface area contributed by atoms with Crippen molar-refractivity contribution < 1.29 is 14.3 Å². The first kappa shape index (κ1) is 12.9. The van der Waals surface area contributed by atoms with Crippen molar-refractivity contribution in [2.75, 3.05) is 7.11 Å². The first-order chi connectivity index (χ1) is 9.70. The molecule has 0 fully saturated rings. The number of esters is 1. The number of carbonyl (C=O) groups excluding carboxylic acids is 2. The Kier molecular flexibility index (Phi) is 3.26. The zero-order chi connectivity index (χ0) is 14.1. The number of carbonyl (C=O) groups is 2. The van der Waals surface area contributed by atoms with Crippen molar-refractivity contribution in [3.63, 3.8) is 0 Å². The smallest absolute Gasteiger partial charge is 0.305 e. The van der Waals surface area contributed by atoms with Crippen molar-refractivity contribution in [3.8, 4) is 0 Å². The minimum Gasteiger partial charge on any atom is -0.469 e. The summed E-state index contributed by atoms with van der Waals surface area (Å²) in [4.78, 5) is 23.5. The molecule has 3 heteroatoms. The van der Waals surface area contributed by atoms with Gasteiger partial charge in [-0.05, 0) is 34.7 Å². The standard InChI is InChI=1S/C17H16O3/c1-20-16(19)10-9-15(18)13-8-7-12-6-5-11-3-2-4-14(13)17(11)12/h2-4,7-8H,5-6,9-10H2,1H3. The molecule has 2 aromatic carbocycles. The maximum atomic E-state index is 12.3. The molecule has 102 valence electrons. The van der Waals surface area contributed by atoms with Crippen molar-refractivity contribution in [3.05, 3.63) is 47.0 Å². The lowest BCUT2D eigenvalue weighted by molar-refractivity contribution is -0.140. The second-order valence-electron chi connectivity index (χ2n) is 5.11. The normalized spacial score (nSPS) is 12.7. The molecule has 3 nitrogen and oxygen atoms in total. The number of hydrogen-bond acceptors (Lipinski definition) is 3. The molecule has 0 bridgehead atoms. The SMILES string of the molecule is COC(=O)CCC(=O)c1ccc2c3c(cccc13)CC2. The number of benzene rings is 2. The Morgan fingerprint density at radius 1 is 1.05 bits per heavy atom. The van der Waals surface area contributed by atoms with Crippen molar-refractivity contribution in [1.29, 1.82) is 0 Å². The zero-order valence-electron chi connectivity index (χ0n) is 11.4. The first-order valence-corrected chi connectivity index (χ1v) is 6.84. The Morgan fingerprint density at radius 3 is 2.55 bits per heavy atom. The van der Waals surface area contributed by atoms with E-state index < -0.39 is 0 Å². The molecule has 0 aliphatic heterocycles. The van der Waals surface area contributed by atoms with Crippen molar-refractivity contribution in [2.24, 2.45) is 0 Å². The molecule has 0 amide bonds. The summed E-state index contributed by atoms with van der Waals surface area (Å²) in [6.07, 6.45) is 2.43. The highest BCUT2D eigenvalue weighted by Crippen LogP contribution is 2.33. The molecule has 1 aliphatic rings. The second-order valence-corrected chi connectivity index (χ2v) is 5.11. The Hall–Kier alpha value is -2.16. The van der Waals surface area contributed by atoms with Gasteiger partial charge in [0.1, 0.15) is 0 Å². The fourth-order valence-electron chi connectivity index (χ4n) is 2.94. The summed E-state index contributed by atoms with van der Waals surface area (Å²) in [5.41, 5.74) is 3.36. The summed E-state index contributed by atoms with van der Waals surface area (Å²) >= 11 is 0. The topological polar surface area (TPSA) is 43.4 Å². The van der Waals surface area contributed by atoms with Crippen LogP contribution in [0, 0.1) is 0 Å².